The lowest BCUT2D eigenvalue weighted by Gasteiger charge is -2.22. The lowest BCUT2D eigenvalue weighted by Crippen LogP contribution is -2.24. The van der Waals surface area contributed by atoms with Crippen LogP contribution in [0.15, 0.2) is 28.7 Å². The van der Waals surface area contributed by atoms with Crippen LogP contribution in [0.1, 0.15) is 26.3 Å². The van der Waals surface area contributed by atoms with Crippen molar-refractivity contribution in [3.8, 4) is 0 Å². The summed E-state index contributed by atoms with van der Waals surface area (Å²) in [6.07, 6.45) is 0.484. The lowest BCUT2D eigenvalue weighted by molar-refractivity contribution is 0.0921. The molecule has 1 aromatic carbocycles. The maximum absolute atomic E-state index is 10.0. The van der Waals surface area contributed by atoms with Crippen LogP contribution >= 0.6 is 15.9 Å². The van der Waals surface area contributed by atoms with E-state index in [2.05, 4.69) is 48.8 Å². The molecule has 1 rings (SSSR count). The third kappa shape index (κ3) is 3.96. The second kappa shape index (κ2) is 5.66. The molecule has 0 heterocycles. The maximum Gasteiger partial charge on any atom is 0.0608 e. The monoisotopic (exact) mass is 270 g/mol. The van der Waals surface area contributed by atoms with E-state index in [9.17, 15) is 5.11 Å². The van der Waals surface area contributed by atoms with Gasteiger partial charge in [0.2, 0.25) is 0 Å². The first-order valence-corrected chi connectivity index (χ1v) is 6.22. The van der Waals surface area contributed by atoms with Gasteiger partial charge in [-0.05, 0) is 36.0 Å². The highest BCUT2D eigenvalue weighted by Crippen LogP contribution is 2.19. The number of hydrogen-bond donors (Lipinski definition) is 1. The highest BCUT2D eigenvalue weighted by atomic mass is 79.9. The molecule has 0 fully saturated rings. The van der Waals surface area contributed by atoms with Crippen molar-refractivity contribution in [2.24, 2.45) is 11.8 Å². The number of halogens is 1. The summed E-state index contributed by atoms with van der Waals surface area (Å²) in [7, 11) is 0. The van der Waals surface area contributed by atoms with E-state index in [0.29, 0.717) is 11.8 Å². The molecule has 0 saturated carbocycles. The third-order valence-electron chi connectivity index (χ3n) is 2.99. The molecule has 2 unspecified atom stereocenters. The fourth-order valence-corrected chi connectivity index (χ4v) is 1.98. The average Bonchev–Trinajstić information content (AvgIpc) is 2.16. The summed E-state index contributed by atoms with van der Waals surface area (Å²) in [6, 6.07) is 8.13. The first-order chi connectivity index (χ1) is 7.00. The van der Waals surface area contributed by atoms with E-state index in [4.69, 9.17) is 0 Å². The van der Waals surface area contributed by atoms with Crippen LogP contribution in [0.3, 0.4) is 0 Å². The second-order valence-electron chi connectivity index (χ2n) is 4.50. The largest absolute Gasteiger partial charge is 0.392 e. The molecule has 15 heavy (non-hydrogen) atoms. The summed E-state index contributed by atoms with van der Waals surface area (Å²) >= 11 is 3.44. The second-order valence-corrected chi connectivity index (χ2v) is 5.42. The van der Waals surface area contributed by atoms with Crippen LogP contribution in [0.5, 0.6) is 0 Å². The minimum absolute atomic E-state index is 0.251. The van der Waals surface area contributed by atoms with E-state index in [1.54, 1.807) is 0 Å². The third-order valence-corrected chi connectivity index (χ3v) is 3.49. The predicted molar refractivity (Wildman–Crippen MR) is 67.9 cm³/mol. The van der Waals surface area contributed by atoms with Gasteiger partial charge in [-0.3, -0.25) is 0 Å². The van der Waals surface area contributed by atoms with E-state index in [0.717, 1.165) is 10.9 Å². The summed E-state index contributed by atoms with van der Waals surface area (Å²) in [5.74, 6) is 0.858. The van der Waals surface area contributed by atoms with Crippen molar-refractivity contribution in [1.82, 2.24) is 0 Å². The Hall–Kier alpha value is -0.340. The van der Waals surface area contributed by atoms with Gasteiger partial charge in [-0.25, -0.2) is 0 Å². The normalized spacial score (nSPS) is 15.3. The smallest absolute Gasteiger partial charge is 0.0608 e. The van der Waals surface area contributed by atoms with Crippen LogP contribution in [0.2, 0.25) is 0 Å². The van der Waals surface area contributed by atoms with E-state index >= 15 is 0 Å². The van der Waals surface area contributed by atoms with Crippen LogP contribution in [-0.2, 0) is 6.42 Å². The molecule has 0 aliphatic heterocycles. The molecule has 0 bridgehead atoms. The van der Waals surface area contributed by atoms with Gasteiger partial charge in [0.15, 0.2) is 0 Å². The Balaban J connectivity index is 2.62. The fraction of sp³-hybridized carbons (Fsp3) is 0.538. The maximum atomic E-state index is 10.0. The van der Waals surface area contributed by atoms with Crippen molar-refractivity contribution < 1.29 is 5.11 Å². The number of benzene rings is 1. The van der Waals surface area contributed by atoms with E-state index in [-0.39, 0.29) is 6.10 Å². The quantitative estimate of drug-likeness (QED) is 0.886. The number of rotatable bonds is 4. The predicted octanol–water partition coefficient (Wildman–Crippen LogP) is 3.64. The number of aliphatic hydroxyl groups excluding tert-OH is 1. The van der Waals surface area contributed by atoms with Gasteiger partial charge in [0, 0.05) is 4.47 Å². The molecular formula is C13H19BrO. The highest BCUT2D eigenvalue weighted by Gasteiger charge is 2.17. The van der Waals surface area contributed by atoms with Gasteiger partial charge in [0.25, 0.3) is 0 Å². The van der Waals surface area contributed by atoms with Crippen LogP contribution in [0, 0.1) is 11.8 Å². The van der Waals surface area contributed by atoms with Crippen LogP contribution < -0.4 is 0 Å². The molecule has 2 heteroatoms. The van der Waals surface area contributed by atoms with Gasteiger partial charge in [-0.2, -0.15) is 0 Å². The van der Waals surface area contributed by atoms with Crippen LogP contribution in [0.25, 0.3) is 0 Å². The zero-order chi connectivity index (χ0) is 11.4. The summed E-state index contributed by atoms with van der Waals surface area (Å²) in [6.45, 7) is 6.40. The van der Waals surface area contributed by atoms with Crippen molar-refractivity contribution in [2.45, 2.75) is 33.3 Å². The molecule has 0 aromatic heterocycles. The number of hydrogen-bond acceptors (Lipinski definition) is 1. The summed E-state index contributed by atoms with van der Waals surface area (Å²) < 4.78 is 1.07. The standard InChI is InChI=1S/C13H19BrO/c1-9(2)10(3)13(15)8-11-5-4-6-12(14)7-11/h4-7,9-10,13,15H,8H2,1-3H3. The van der Waals surface area contributed by atoms with Gasteiger partial charge >= 0.3 is 0 Å². The van der Waals surface area contributed by atoms with Crippen LogP contribution in [0.4, 0.5) is 0 Å². The van der Waals surface area contributed by atoms with Gasteiger partial charge in [0.1, 0.15) is 0 Å². The molecule has 1 N–H and O–H groups in total. The Morgan fingerprint density at radius 3 is 2.47 bits per heavy atom. The Morgan fingerprint density at radius 2 is 1.93 bits per heavy atom. The van der Waals surface area contributed by atoms with Crippen molar-refractivity contribution in [2.75, 3.05) is 0 Å². The Bertz CT molecular complexity index is 309. The zero-order valence-electron chi connectivity index (χ0n) is 9.57. The fourth-order valence-electron chi connectivity index (χ4n) is 1.54. The summed E-state index contributed by atoms with van der Waals surface area (Å²) in [5, 5.41) is 10.0. The molecular weight excluding hydrogens is 252 g/mol. The van der Waals surface area contributed by atoms with Crippen molar-refractivity contribution >= 4 is 15.9 Å². The van der Waals surface area contributed by atoms with E-state index in [1.165, 1.54) is 5.56 Å². The minimum atomic E-state index is -0.251. The Labute approximate surface area is 101 Å². The molecule has 0 aliphatic carbocycles. The van der Waals surface area contributed by atoms with Crippen molar-refractivity contribution in [3.63, 3.8) is 0 Å². The van der Waals surface area contributed by atoms with Crippen molar-refractivity contribution in [3.05, 3.63) is 34.3 Å². The van der Waals surface area contributed by atoms with Gasteiger partial charge in [0.05, 0.1) is 6.10 Å². The van der Waals surface area contributed by atoms with Gasteiger partial charge < -0.3 is 5.11 Å². The topological polar surface area (TPSA) is 20.2 Å². The lowest BCUT2D eigenvalue weighted by atomic mass is 9.89. The molecule has 0 aliphatic rings. The molecule has 1 aromatic rings. The first kappa shape index (κ1) is 12.7. The van der Waals surface area contributed by atoms with Crippen LogP contribution in [-0.4, -0.2) is 11.2 Å². The average molecular weight is 271 g/mol. The molecule has 0 spiro atoms. The zero-order valence-corrected chi connectivity index (χ0v) is 11.2. The van der Waals surface area contributed by atoms with E-state index in [1.807, 2.05) is 12.1 Å². The summed E-state index contributed by atoms with van der Waals surface area (Å²) in [4.78, 5) is 0. The minimum Gasteiger partial charge on any atom is -0.392 e. The van der Waals surface area contributed by atoms with Gasteiger partial charge in [-0.1, -0.05) is 48.8 Å². The highest BCUT2D eigenvalue weighted by molar-refractivity contribution is 9.10. The Kier molecular flexibility index (Phi) is 4.81. The SMILES string of the molecule is CC(C)C(C)C(O)Cc1cccc(Br)c1. The molecule has 0 amide bonds. The van der Waals surface area contributed by atoms with Gasteiger partial charge in [-0.15, -0.1) is 0 Å². The first-order valence-electron chi connectivity index (χ1n) is 5.43. The summed E-state index contributed by atoms with van der Waals surface area (Å²) in [5.41, 5.74) is 1.18. The molecule has 0 radical (unpaired) electrons. The number of aliphatic hydroxyl groups is 1. The Morgan fingerprint density at radius 1 is 1.27 bits per heavy atom. The molecule has 84 valence electrons. The molecule has 0 saturated heterocycles. The van der Waals surface area contributed by atoms with E-state index < -0.39 is 0 Å². The molecule has 2 atom stereocenters. The molecule has 1 nitrogen and oxygen atoms in total. The van der Waals surface area contributed by atoms with Crippen molar-refractivity contribution in [1.29, 1.82) is 0 Å².